The molecule has 0 saturated heterocycles. The zero-order valence-electron chi connectivity index (χ0n) is 11.8. The number of aryl methyl sites for hydroxylation is 1. The first-order valence-electron chi connectivity index (χ1n) is 6.34. The molecule has 0 saturated carbocycles. The van der Waals surface area contributed by atoms with Gasteiger partial charge in [0.15, 0.2) is 0 Å². The number of aromatic nitrogens is 1. The summed E-state index contributed by atoms with van der Waals surface area (Å²) >= 11 is 0.823. The van der Waals surface area contributed by atoms with Crippen molar-refractivity contribution >= 4 is 28.9 Å². The van der Waals surface area contributed by atoms with Crippen LogP contribution in [0.3, 0.4) is 0 Å². The van der Waals surface area contributed by atoms with Gasteiger partial charge in [-0.15, -0.1) is 11.3 Å². The van der Waals surface area contributed by atoms with Crippen LogP contribution in [0.5, 0.6) is 0 Å². The number of halogens is 3. The Morgan fingerprint density at radius 2 is 1.96 bits per heavy atom. The zero-order chi connectivity index (χ0) is 17.2. The van der Waals surface area contributed by atoms with Gasteiger partial charge in [0, 0.05) is 0 Å². The molecule has 1 aromatic carbocycles. The van der Waals surface area contributed by atoms with Crippen molar-refractivity contribution in [3.63, 3.8) is 0 Å². The minimum Gasteiger partial charge on any atom is -0.477 e. The van der Waals surface area contributed by atoms with Crippen molar-refractivity contribution in [2.45, 2.75) is 19.5 Å². The first-order valence-corrected chi connectivity index (χ1v) is 7.16. The van der Waals surface area contributed by atoms with Gasteiger partial charge >= 0.3 is 12.1 Å². The van der Waals surface area contributed by atoms with E-state index in [0.29, 0.717) is 0 Å². The molecule has 0 atom stereocenters. The number of amides is 1. The Morgan fingerprint density at radius 1 is 1.30 bits per heavy atom. The second kappa shape index (κ2) is 6.37. The maximum atomic E-state index is 12.8. The van der Waals surface area contributed by atoms with Gasteiger partial charge in [-0.05, 0) is 19.1 Å². The second-order valence-corrected chi connectivity index (χ2v) is 5.68. The summed E-state index contributed by atoms with van der Waals surface area (Å²) < 4.78 is 38.5. The Kier molecular flexibility index (Phi) is 4.69. The summed E-state index contributed by atoms with van der Waals surface area (Å²) in [5.74, 6) is -1.86. The Morgan fingerprint density at radius 3 is 2.52 bits per heavy atom. The first-order chi connectivity index (χ1) is 10.7. The average Bonchev–Trinajstić information content (AvgIpc) is 2.78. The normalized spacial score (nSPS) is 11.3. The van der Waals surface area contributed by atoms with Crippen LogP contribution in [0.4, 0.5) is 18.9 Å². The Bertz CT molecular complexity index is 756. The van der Waals surface area contributed by atoms with Crippen molar-refractivity contribution in [1.29, 1.82) is 0 Å². The van der Waals surface area contributed by atoms with Gasteiger partial charge in [-0.1, -0.05) is 12.1 Å². The predicted octanol–water partition coefficient (Wildman–Crippen LogP) is 3.35. The summed E-state index contributed by atoms with van der Waals surface area (Å²) in [6.45, 7) is 1.49. The van der Waals surface area contributed by atoms with Gasteiger partial charge in [0.25, 0.3) is 0 Å². The fourth-order valence-corrected chi connectivity index (χ4v) is 2.80. The molecular weight excluding hydrogens is 333 g/mol. The van der Waals surface area contributed by atoms with E-state index < -0.39 is 23.6 Å². The lowest BCUT2D eigenvalue weighted by Gasteiger charge is -2.13. The highest BCUT2D eigenvalue weighted by molar-refractivity contribution is 7.13. The highest BCUT2D eigenvalue weighted by Gasteiger charge is 2.33. The van der Waals surface area contributed by atoms with Crippen molar-refractivity contribution in [2.24, 2.45) is 0 Å². The number of para-hydroxylation sites is 1. The van der Waals surface area contributed by atoms with E-state index in [1.54, 1.807) is 0 Å². The molecule has 23 heavy (non-hydrogen) atoms. The molecule has 0 bridgehead atoms. The molecule has 0 aliphatic rings. The minimum atomic E-state index is -4.59. The molecule has 0 spiro atoms. The van der Waals surface area contributed by atoms with Gasteiger partial charge in [0.1, 0.15) is 9.88 Å². The first kappa shape index (κ1) is 16.9. The number of alkyl halides is 3. The fraction of sp³-hybridized carbons (Fsp3) is 0.214. The van der Waals surface area contributed by atoms with Crippen molar-refractivity contribution in [3.8, 4) is 0 Å². The third-order valence-corrected chi connectivity index (χ3v) is 4.00. The summed E-state index contributed by atoms with van der Waals surface area (Å²) in [7, 11) is 0. The quantitative estimate of drug-likeness (QED) is 0.891. The monoisotopic (exact) mass is 344 g/mol. The molecular formula is C14H11F3N2O3S. The number of rotatable bonds is 4. The van der Waals surface area contributed by atoms with Crippen LogP contribution in [-0.2, 0) is 17.4 Å². The molecule has 0 radical (unpaired) electrons. The van der Waals surface area contributed by atoms with E-state index in [-0.39, 0.29) is 27.7 Å². The molecule has 1 heterocycles. The smallest absolute Gasteiger partial charge is 0.418 e. The molecule has 2 aromatic rings. The molecule has 1 aromatic heterocycles. The molecule has 122 valence electrons. The van der Waals surface area contributed by atoms with Crippen LogP contribution in [0.2, 0.25) is 0 Å². The SMILES string of the molecule is Cc1nc(CC(=O)Nc2ccccc2C(F)(F)F)sc1C(=O)O. The number of thiazole rings is 1. The van der Waals surface area contributed by atoms with Crippen LogP contribution in [0.1, 0.15) is 25.9 Å². The fourth-order valence-electron chi connectivity index (χ4n) is 1.90. The van der Waals surface area contributed by atoms with Crippen LogP contribution in [0.25, 0.3) is 0 Å². The van der Waals surface area contributed by atoms with Crippen LogP contribution < -0.4 is 5.32 Å². The van der Waals surface area contributed by atoms with E-state index in [4.69, 9.17) is 5.11 Å². The standard InChI is InChI=1S/C14H11F3N2O3S/c1-7-12(13(21)22)23-11(18-7)6-10(20)19-9-5-3-2-4-8(9)14(15,16)17/h2-5H,6H2,1H3,(H,19,20)(H,21,22). The summed E-state index contributed by atoms with van der Waals surface area (Å²) in [6.07, 6.45) is -4.89. The molecule has 9 heteroatoms. The summed E-state index contributed by atoms with van der Waals surface area (Å²) in [6, 6.07) is 4.62. The number of benzene rings is 1. The molecule has 1 amide bonds. The number of carbonyl (C=O) groups is 2. The summed E-state index contributed by atoms with van der Waals surface area (Å²) in [4.78, 5) is 26.7. The number of nitrogens with zero attached hydrogens (tertiary/aromatic N) is 1. The number of anilines is 1. The van der Waals surface area contributed by atoms with Gasteiger partial charge in [0.2, 0.25) is 5.91 Å². The third-order valence-electron chi connectivity index (χ3n) is 2.85. The zero-order valence-corrected chi connectivity index (χ0v) is 12.6. The number of carboxylic acid groups (broad SMARTS) is 1. The molecule has 0 unspecified atom stereocenters. The van der Waals surface area contributed by atoms with Gasteiger partial charge in [-0.2, -0.15) is 13.2 Å². The Balaban J connectivity index is 2.15. The van der Waals surface area contributed by atoms with E-state index >= 15 is 0 Å². The lowest BCUT2D eigenvalue weighted by atomic mass is 10.1. The second-order valence-electron chi connectivity index (χ2n) is 4.60. The van der Waals surface area contributed by atoms with Gasteiger partial charge < -0.3 is 10.4 Å². The Labute approximate surface area is 132 Å². The number of hydrogen-bond donors (Lipinski definition) is 2. The van der Waals surface area contributed by atoms with Crippen molar-refractivity contribution in [1.82, 2.24) is 4.98 Å². The lowest BCUT2D eigenvalue weighted by molar-refractivity contribution is -0.137. The number of carbonyl (C=O) groups excluding carboxylic acids is 1. The highest BCUT2D eigenvalue weighted by atomic mass is 32.1. The van der Waals surface area contributed by atoms with Gasteiger partial charge in [-0.25, -0.2) is 9.78 Å². The third kappa shape index (κ3) is 4.07. The van der Waals surface area contributed by atoms with E-state index in [0.717, 1.165) is 23.5 Å². The van der Waals surface area contributed by atoms with E-state index in [9.17, 15) is 22.8 Å². The Hall–Kier alpha value is -2.42. The summed E-state index contributed by atoms with van der Waals surface area (Å²) in [5, 5.41) is 11.3. The lowest BCUT2D eigenvalue weighted by Crippen LogP contribution is -2.18. The average molecular weight is 344 g/mol. The number of nitrogens with one attached hydrogen (secondary N) is 1. The molecule has 0 aliphatic heterocycles. The predicted molar refractivity (Wildman–Crippen MR) is 77.6 cm³/mol. The van der Waals surface area contributed by atoms with Crippen LogP contribution in [0, 0.1) is 6.92 Å². The molecule has 2 N–H and O–H groups in total. The number of hydrogen-bond acceptors (Lipinski definition) is 4. The summed E-state index contributed by atoms with van der Waals surface area (Å²) in [5.41, 5.74) is -1.03. The largest absolute Gasteiger partial charge is 0.477 e. The molecule has 0 fully saturated rings. The molecule has 2 rings (SSSR count). The van der Waals surface area contributed by atoms with Gasteiger partial charge in [-0.3, -0.25) is 4.79 Å². The van der Waals surface area contributed by atoms with Crippen molar-refractivity contribution in [2.75, 3.05) is 5.32 Å². The number of carboxylic acids is 1. The van der Waals surface area contributed by atoms with Crippen LogP contribution >= 0.6 is 11.3 Å². The van der Waals surface area contributed by atoms with Crippen molar-refractivity contribution < 1.29 is 27.9 Å². The molecule has 5 nitrogen and oxygen atoms in total. The topological polar surface area (TPSA) is 79.3 Å². The van der Waals surface area contributed by atoms with Gasteiger partial charge in [0.05, 0.1) is 23.4 Å². The number of aromatic carboxylic acids is 1. The maximum absolute atomic E-state index is 12.8. The van der Waals surface area contributed by atoms with E-state index in [1.807, 2.05) is 0 Å². The van der Waals surface area contributed by atoms with Crippen LogP contribution in [0.15, 0.2) is 24.3 Å². The minimum absolute atomic E-state index is 0.00323. The van der Waals surface area contributed by atoms with E-state index in [2.05, 4.69) is 10.3 Å². The molecule has 0 aliphatic carbocycles. The maximum Gasteiger partial charge on any atom is 0.418 e. The van der Waals surface area contributed by atoms with E-state index in [1.165, 1.54) is 19.1 Å². The van der Waals surface area contributed by atoms with Crippen LogP contribution in [-0.4, -0.2) is 22.0 Å². The van der Waals surface area contributed by atoms with Crippen molar-refractivity contribution in [3.05, 3.63) is 45.4 Å². The highest BCUT2D eigenvalue weighted by Crippen LogP contribution is 2.34.